The number of rotatable bonds is 10. The Labute approximate surface area is 245 Å². The van der Waals surface area contributed by atoms with Crippen molar-refractivity contribution in [3.8, 4) is 11.1 Å². The largest absolute Gasteiger partial charge is 0.444 e. The zero-order chi connectivity index (χ0) is 29.9. The minimum absolute atomic E-state index is 0.0299. The third kappa shape index (κ3) is 7.28. The van der Waals surface area contributed by atoms with Crippen LogP contribution in [0.25, 0.3) is 21.3 Å². The zero-order valence-corrected chi connectivity index (χ0v) is 24.1. The number of carbonyl (C=O) groups is 3. The molecule has 0 spiro atoms. The molecule has 1 saturated carbocycles. The minimum Gasteiger partial charge on any atom is -0.444 e. The molecule has 1 fully saturated rings. The molecule has 1 aromatic heterocycles. The SMILES string of the molecule is CS(=O)(=O)C(C(=O)NCC(=O)NC1CC1)c1nc2cc(F)c(-c3ccc(NC(=O)OCc4ccccc4)cc3)cc2s1. The van der Waals surface area contributed by atoms with Gasteiger partial charge in [0.1, 0.15) is 17.4 Å². The molecule has 0 aliphatic heterocycles. The number of hydrogen-bond acceptors (Lipinski definition) is 8. The van der Waals surface area contributed by atoms with Crippen LogP contribution in [0.5, 0.6) is 0 Å². The van der Waals surface area contributed by atoms with Gasteiger partial charge in [0.25, 0.3) is 0 Å². The molecular formula is C29H27FN4O6S2. The number of aromatic nitrogens is 1. The van der Waals surface area contributed by atoms with Crippen LogP contribution in [0.1, 0.15) is 28.7 Å². The lowest BCUT2D eigenvalue weighted by Gasteiger charge is -2.12. The maximum Gasteiger partial charge on any atom is 0.411 e. The van der Waals surface area contributed by atoms with Gasteiger partial charge in [0.05, 0.1) is 16.8 Å². The molecule has 1 unspecified atom stereocenters. The number of fused-ring (bicyclic) bond motifs is 1. The van der Waals surface area contributed by atoms with Crippen LogP contribution in [-0.4, -0.2) is 50.2 Å². The van der Waals surface area contributed by atoms with Crippen LogP contribution in [0.15, 0.2) is 66.7 Å². The van der Waals surface area contributed by atoms with E-state index < -0.39 is 38.8 Å². The minimum atomic E-state index is -3.97. The Morgan fingerprint density at radius 3 is 2.45 bits per heavy atom. The van der Waals surface area contributed by atoms with Crippen molar-refractivity contribution in [1.29, 1.82) is 0 Å². The first-order valence-electron chi connectivity index (χ1n) is 13.0. The average molecular weight is 611 g/mol. The topological polar surface area (TPSA) is 144 Å². The first-order valence-corrected chi connectivity index (χ1v) is 15.8. The van der Waals surface area contributed by atoms with Gasteiger partial charge in [-0.25, -0.2) is 22.6 Å². The predicted octanol–water partition coefficient (Wildman–Crippen LogP) is 4.33. The number of amides is 3. The van der Waals surface area contributed by atoms with E-state index in [1.165, 1.54) is 12.1 Å². The van der Waals surface area contributed by atoms with Gasteiger partial charge in [0, 0.05) is 29.6 Å². The lowest BCUT2D eigenvalue weighted by molar-refractivity contribution is -0.126. The number of nitrogens with zero attached hydrogens (tertiary/aromatic N) is 1. The van der Waals surface area contributed by atoms with E-state index >= 15 is 4.39 Å². The fourth-order valence-corrected chi connectivity index (χ4v) is 6.70. The number of thiazole rings is 1. The molecule has 13 heteroatoms. The molecule has 1 atom stereocenters. The van der Waals surface area contributed by atoms with Crippen LogP contribution in [0.3, 0.4) is 0 Å². The summed E-state index contributed by atoms with van der Waals surface area (Å²) in [6.45, 7) is -0.245. The molecule has 0 bridgehead atoms. The van der Waals surface area contributed by atoms with E-state index in [4.69, 9.17) is 4.74 Å². The van der Waals surface area contributed by atoms with Gasteiger partial charge in [-0.2, -0.15) is 0 Å². The van der Waals surface area contributed by atoms with E-state index in [1.54, 1.807) is 24.3 Å². The Bertz CT molecular complexity index is 1740. The Balaban J connectivity index is 1.29. The van der Waals surface area contributed by atoms with Crippen LogP contribution >= 0.6 is 11.3 Å². The Morgan fingerprint density at radius 1 is 1.07 bits per heavy atom. The fourth-order valence-electron chi connectivity index (χ4n) is 4.17. The number of ether oxygens (including phenoxy) is 1. The van der Waals surface area contributed by atoms with Gasteiger partial charge >= 0.3 is 6.09 Å². The van der Waals surface area contributed by atoms with Crippen LogP contribution in [0.2, 0.25) is 0 Å². The summed E-state index contributed by atoms with van der Waals surface area (Å²) in [6, 6.07) is 18.5. The van der Waals surface area contributed by atoms with E-state index in [9.17, 15) is 22.8 Å². The van der Waals surface area contributed by atoms with Gasteiger partial charge in [-0.15, -0.1) is 11.3 Å². The summed E-state index contributed by atoms with van der Waals surface area (Å²) in [4.78, 5) is 41.2. The van der Waals surface area contributed by atoms with Crippen molar-refractivity contribution in [2.75, 3.05) is 18.1 Å². The molecule has 3 N–H and O–H groups in total. The summed E-state index contributed by atoms with van der Waals surface area (Å²) in [6.07, 6.45) is 2.03. The lowest BCUT2D eigenvalue weighted by Crippen LogP contribution is -2.41. The normalized spacial score (nSPS) is 13.8. The molecule has 3 aromatic carbocycles. The van der Waals surface area contributed by atoms with E-state index in [0.717, 1.165) is 36.0 Å². The molecule has 1 aliphatic rings. The highest BCUT2D eigenvalue weighted by Crippen LogP contribution is 2.35. The van der Waals surface area contributed by atoms with Crippen molar-refractivity contribution < 1.29 is 31.9 Å². The standard InChI is InChI=1S/C29H27FN4O6S2/c1-42(38,39)26(27(36)31-15-25(35)32-19-11-12-19)28-34-23-14-22(30)21(13-24(23)41-28)18-7-9-20(10-8-18)33-29(37)40-16-17-5-3-2-4-6-17/h2-10,13-14,19,26H,11-12,15-16H2,1H3,(H,31,36)(H,32,35)(H,33,37). The average Bonchev–Trinajstić information content (AvgIpc) is 3.67. The van der Waals surface area contributed by atoms with Crippen LogP contribution in [0.4, 0.5) is 14.9 Å². The monoisotopic (exact) mass is 610 g/mol. The van der Waals surface area contributed by atoms with E-state index in [2.05, 4.69) is 20.9 Å². The van der Waals surface area contributed by atoms with E-state index in [-0.39, 0.29) is 35.3 Å². The van der Waals surface area contributed by atoms with Crippen LogP contribution in [0, 0.1) is 5.82 Å². The number of nitrogens with one attached hydrogen (secondary N) is 3. The van der Waals surface area contributed by atoms with Crippen molar-refractivity contribution >= 4 is 55.0 Å². The molecule has 3 amide bonds. The fraction of sp³-hybridized carbons (Fsp3) is 0.241. The summed E-state index contributed by atoms with van der Waals surface area (Å²) in [5.74, 6) is -1.88. The summed E-state index contributed by atoms with van der Waals surface area (Å²) in [5.41, 5.74) is 2.23. The summed E-state index contributed by atoms with van der Waals surface area (Å²) in [7, 11) is -3.97. The van der Waals surface area contributed by atoms with Gasteiger partial charge < -0.3 is 15.4 Å². The molecule has 4 aromatic rings. The van der Waals surface area contributed by atoms with Gasteiger partial charge in [0.15, 0.2) is 15.1 Å². The zero-order valence-electron chi connectivity index (χ0n) is 22.4. The van der Waals surface area contributed by atoms with Gasteiger partial charge in [0.2, 0.25) is 11.8 Å². The number of carbonyl (C=O) groups excluding carboxylic acids is 3. The van der Waals surface area contributed by atoms with Crippen molar-refractivity contribution in [2.24, 2.45) is 0 Å². The molecule has 218 valence electrons. The Kier molecular flexibility index (Phi) is 8.50. The highest BCUT2D eigenvalue weighted by Gasteiger charge is 2.34. The van der Waals surface area contributed by atoms with Crippen molar-refractivity contribution in [2.45, 2.75) is 30.7 Å². The third-order valence-electron chi connectivity index (χ3n) is 6.41. The Morgan fingerprint density at radius 2 is 1.79 bits per heavy atom. The number of halogens is 1. The second-order valence-electron chi connectivity index (χ2n) is 9.89. The van der Waals surface area contributed by atoms with E-state index in [0.29, 0.717) is 16.0 Å². The molecule has 10 nitrogen and oxygen atoms in total. The maximum absolute atomic E-state index is 15.1. The molecule has 0 saturated heterocycles. The predicted molar refractivity (Wildman–Crippen MR) is 157 cm³/mol. The number of anilines is 1. The molecule has 5 rings (SSSR count). The maximum atomic E-state index is 15.1. The lowest BCUT2D eigenvalue weighted by atomic mass is 10.0. The van der Waals surface area contributed by atoms with Gasteiger partial charge in [-0.3, -0.25) is 14.9 Å². The third-order valence-corrected chi connectivity index (χ3v) is 8.93. The first-order chi connectivity index (χ1) is 20.1. The molecule has 42 heavy (non-hydrogen) atoms. The number of sulfone groups is 1. The first kappa shape index (κ1) is 29.1. The van der Waals surface area contributed by atoms with E-state index in [1.807, 2.05) is 30.3 Å². The quantitative estimate of drug-likeness (QED) is 0.243. The number of hydrogen-bond donors (Lipinski definition) is 3. The summed E-state index contributed by atoms with van der Waals surface area (Å²) in [5, 5.41) is 6.03. The second kappa shape index (κ2) is 12.2. The highest BCUT2D eigenvalue weighted by atomic mass is 32.2. The Hall–Kier alpha value is -4.36. The van der Waals surface area contributed by atoms with Crippen molar-refractivity contribution in [3.63, 3.8) is 0 Å². The smallest absolute Gasteiger partial charge is 0.411 e. The molecule has 1 heterocycles. The van der Waals surface area contributed by atoms with Gasteiger partial charge in [-0.1, -0.05) is 42.5 Å². The highest BCUT2D eigenvalue weighted by molar-refractivity contribution is 7.91. The van der Waals surface area contributed by atoms with Gasteiger partial charge in [-0.05, 0) is 42.2 Å². The van der Waals surface area contributed by atoms with Crippen molar-refractivity contribution in [3.05, 3.63) is 83.1 Å². The van der Waals surface area contributed by atoms with Crippen LogP contribution < -0.4 is 16.0 Å². The van der Waals surface area contributed by atoms with Crippen LogP contribution in [-0.2, 0) is 30.8 Å². The second-order valence-corrected chi connectivity index (χ2v) is 13.1. The summed E-state index contributed by atoms with van der Waals surface area (Å²) < 4.78 is 45.9. The number of benzene rings is 3. The van der Waals surface area contributed by atoms with Crippen molar-refractivity contribution in [1.82, 2.24) is 15.6 Å². The molecule has 1 aliphatic carbocycles. The molecule has 0 radical (unpaired) electrons. The molecular weight excluding hydrogens is 583 g/mol. The summed E-state index contributed by atoms with van der Waals surface area (Å²) >= 11 is 0.956.